The lowest BCUT2D eigenvalue weighted by molar-refractivity contribution is -0.144. The summed E-state index contributed by atoms with van der Waals surface area (Å²) < 4.78 is 71.4. The molecule has 0 radical (unpaired) electrons. The summed E-state index contributed by atoms with van der Waals surface area (Å²) >= 11 is 0.875. The molecule has 1 amide bonds. The molecule has 14 heteroatoms. The van der Waals surface area contributed by atoms with Crippen molar-refractivity contribution in [1.82, 2.24) is 18.2 Å². The van der Waals surface area contributed by atoms with E-state index in [-0.39, 0.29) is 28.9 Å². The van der Waals surface area contributed by atoms with Crippen molar-refractivity contribution in [1.29, 1.82) is 0 Å². The van der Waals surface area contributed by atoms with E-state index in [1.807, 2.05) is 4.72 Å². The summed E-state index contributed by atoms with van der Waals surface area (Å²) in [5.41, 5.74) is -3.48. The predicted octanol–water partition coefficient (Wildman–Crippen LogP) is 2.47. The number of carbonyl (C=O) groups excluding carboxylic acids is 1. The molecule has 0 saturated heterocycles. The second-order valence-electron chi connectivity index (χ2n) is 7.74. The van der Waals surface area contributed by atoms with Crippen molar-refractivity contribution in [2.45, 2.75) is 12.6 Å². The van der Waals surface area contributed by atoms with Crippen LogP contribution in [0.4, 0.5) is 13.2 Å². The molecule has 0 unspecified atom stereocenters. The zero-order chi connectivity index (χ0) is 26.3. The number of hydrogen-bond acceptors (Lipinski definition) is 7. The quantitative estimate of drug-likeness (QED) is 0.403. The van der Waals surface area contributed by atoms with Gasteiger partial charge in [0.05, 0.1) is 16.1 Å². The molecular weight excluding hydrogens is 521 g/mol. The van der Waals surface area contributed by atoms with Gasteiger partial charge in [0.2, 0.25) is 10.0 Å². The molecule has 0 saturated carbocycles. The van der Waals surface area contributed by atoms with Crippen LogP contribution in [0, 0.1) is 0 Å². The number of aromatic nitrogens is 3. The van der Waals surface area contributed by atoms with Gasteiger partial charge in [-0.1, -0.05) is 30.3 Å². The fourth-order valence-electron chi connectivity index (χ4n) is 3.50. The third kappa shape index (κ3) is 5.09. The molecule has 4 aromatic rings. The molecule has 2 aromatic carbocycles. The number of aryl methyl sites for hydroxylation is 1. The van der Waals surface area contributed by atoms with Crippen molar-refractivity contribution in [2.24, 2.45) is 7.05 Å². The highest BCUT2D eigenvalue weighted by molar-refractivity contribution is 7.90. The number of amides is 1. The molecule has 0 fully saturated rings. The minimum atomic E-state index is -4.91. The Balaban J connectivity index is 1.66. The van der Waals surface area contributed by atoms with E-state index in [4.69, 9.17) is 0 Å². The lowest BCUT2D eigenvalue weighted by Gasteiger charge is -2.14. The Kier molecular flexibility index (Phi) is 6.58. The van der Waals surface area contributed by atoms with Gasteiger partial charge in [-0.3, -0.25) is 14.2 Å². The van der Waals surface area contributed by atoms with Crippen molar-refractivity contribution >= 4 is 37.5 Å². The van der Waals surface area contributed by atoms with Crippen molar-refractivity contribution in [3.05, 3.63) is 92.4 Å². The van der Waals surface area contributed by atoms with Crippen molar-refractivity contribution in [3.63, 3.8) is 0 Å². The maximum atomic E-state index is 13.1. The molecule has 0 aliphatic rings. The van der Waals surface area contributed by atoms with E-state index in [1.165, 1.54) is 18.2 Å². The molecule has 9 nitrogen and oxygen atoms in total. The molecule has 0 bridgehead atoms. The van der Waals surface area contributed by atoms with Gasteiger partial charge in [0, 0.05) is 18.5 Å². The molecule has 188 valence electrons. The first-order valence-corrected chi connectivity index (χ1v) is 12.7. The SMILES string of the molecule is Cn1c(C(F)(F)F)cc(=O)n(-c2ccc3snc(C(=O)NS(=O)(=O)CCc4ccccc4)c3c2)c1=O. The number of rotatable bonds is 6. The third-order valence-corrected chi connectivity index (χ3v) is 7.35. The summed E-state index contributed by atoms with van der Waals surface area (Å²) in [7, 11) is -3.14. The number of nitrogens with zero attached hydrogens (tertiary/aromatic N) is 3. The summed E-state index contributed by atoms with van der Waals surface area (Å²) in [6, 6.07) is 13.1. The van der Waals surface area contributed by atoms with Crippen molar-refractivity contribution in [3.8, 4) is 5.69 Å². The van der Waals surface area contributed by atoms with Crippen LogP contribution in [-0.4, -0.2) is 33.6 Å². The monoisotopic (exact) mass is 538 g/mol. The van der Waals surface area contributed by atoms with E-state index in [9.17, 15) is 36.0 Å². The van der Waals surface area contributed by atoms with Gasteiger partial charge in [0.25, 0.3) is 11.5 Å². The van der Waals surface area contributed by atoms with E-state index in [2.05, 4.69) is 4.37 Å². The summed E-state index contributed by atoms with van der Waals surface area (Å²) in [5.74, 6) is -1.37. The molecule has 0 aliphatic carbocycles. The van der Waals surface area contributed by atoms with E-state index < -0.39 is 39.0 Å². The lowest BCUT2D eigenvalue weighted by Crippen LogP contribution is -2.40. The highest BCUT2D eigenvalue weighted by atomic mass is 32.2. The van der Waals surface area contributed by atoms with Gasteiger partial charge in [-0.25, -0.2) is 22.5 Å². The van der Waals surface area contributed by atoms with Crippen LogP contribution in [0.5, 0.6) is 0 Å². The maximum absolute atomic E-state index is 13.1. The van der Waals surface area contributed by atoms with E-state index in [0.717, 1.165) is 24.1 Å². The normalized spacial score (nSPS) is 12.1. The maximum Gasteiger partial charge on any atom is 0.431 e. The van der Waals surface area contributed by atoms with Gasteiger partial charge in [-0.15, -0.1) is 0 Å². The third-order valence-electron chi connectivity index (χ3n) is 5.29. The number of sulfonamides is 1. The molecular formula is C22H17F3N4O5S2. The van der Waals surface area contributed by atoms with Crippen LogP contribution in [0.15, 0.2) is 64.2 Å². The Morgan fingerprint density at radius 1 is 1.08 bits per heavy atom. The average molecular weight is 539 g/mol. The largest absolute Gasteiger partial charge is 0.431 e. The Morgan fingerprint density at radius 2 is 1.78 bits per heavy atom. The summed E-state index contributed by atoms with van der Waals surface area (Å²) in [4.78, 5) is 37.7. The van der Waals surface area contributed by atoms with E-state index in [1.54, 1.807) is 30.3 Å². The number of halogens is 3. The van der Waals surface area contributed by atoms with Crippen LogP contribution in [0.3, 0.4) is 0 Å². The Labute approximate surface area is 205 Å². The van der Waals surface area contributed by atoms with Gasteiger partial charge < -0.3 is 0 Å². The number of alkyl halides is 3. The second-order valence-corrected chi connectivity index (χ2v) is 10.4. The topological polar surface area (TPSA) is 120 Å². The molecule has 2 aromatic heterocycles. The fourth-order valence-corrected chi connectivity index (χ4v) is 5.24. The number of nitrogens with one attached hydrogen (secondary N) is 1. The van der Waals surface area contributed by atoms with Gasteiger partial charge in [0.1, 0.15) is 5.69 Å². The Hall–Kier alpha value is -3.78. The Morgan fingerprint density at radius 3 is 2.44 bits per heavy atom. The molecule has 1 N–H and O–H groups in total. The lowest BCUT2D eigenvalue weighted by atomic mass is 10.2. The number of benzene rings is 2. The van der Waals surface area contributed by atoms with Crippen LogP contribution in [0.2, 0.25) is 0 Å². The van der Waals surface area contributed by atoms with Crippen molar-refractivity contribution in [2.75, 3.05) is 5.75 Å². The smallest absolute Gasteiger partial charge is 0.292 e. The fraction of sp³-hybridized carbons (Fsp3) is 0.182. The molecule has 0 spiro atoms. The summed E-state index contributed by atoms with van der Waals surface area (Å²) in [6.45, 7) is 0. The van der Waals surface area contributed by atoms with E-state index in [0.29, 0.717) is 19.9 Å². The van der Waals surface area contributed by atoms with Gasteiger partial charge in [-0.2, -0.15) is 17.5 Å². The standard InChI is InChI=1S/C22H17F3N4O5S2/c1-28-17(22(23,24)25)12-18(30)29(21(28)32)14-7-8-16-15(11-14)19(26-35-16)20(31)27-36(33,34)10-9-13-5-3-2-4-6-13/h2-8,11-12H,9-10H2,1H3,(H,27,31). The van der Waals surface area contributed by atoms with Crippen molar-refractivity contribution < 1.29 is 26.4 Å². The molecule has 4 rings (SSSR count). The predicted molar refractivity (Wildman–Crippen MR) is 127 cm³/mol. The molecule has 36 heavy (non-hydrogen) atoms. The first kappa shape index (κ1) is 25.3. The zero-order valence-electron chi connectivity index (χ0n) is 18.4. The zero-order valence-corrected chi connectivity index (χ0v) is 20.1. The van der Waals surface area contributed by atoms with Gasteiger partial charge >= 0.3 is 11.9 Å². The average Bonchev–Trinajstić information content (AvgIpc) is 3.23. The highest BCUT2D eigenvalue weighted by Gasteiger charge is 2.35. The number of fused-ring (bicyclic) bond motifs is 1. The van der Waals surface area contributed by atoms with Crippen LogP contribution in [0.25, 0.3) is 15.8 Å². The number of hydrogen-bond donors (Lipinski definition) is 1. The molecule has 0 atom stereocenters. The highest BCUT2D eigenvalue weighted by Crippen LogP contribution is 2.28. The first-order valence-electron chi connectivity index (χ1n) is 10.3. The molecule has 2 heterocycles. The van der Waals surface area contributed by atoms with Crippen LogP contribution >= 0.6 is 11.5 Å². The second kappa shape index (κ2) is 9.35. The van der Waals surface area contributed by atoms with Gasteiger partial charge in [0.15, 0.2) is 5.69 Å². The van der Waals surface area contributed by atoms with Crippen LogP contribution in [-0.2, 0) is 29.7 Å². The Bertz CT molecular complexity index is 1690. The number of carbonyl (C=O) groups is 1. The molecule has 0 aliphatic heterocycles. The van der Waals surface area contributed by atoms with E-state index >= 15 is 0 Å². The van der Waals surface area contributed by atoms with Gasteiger partial charge in [-0.05, 0) is 41.7 Å². The minimum absolute atomic E-state index is 0.108. The first-order chi connectivity index (χ1) is 16.9. The van der Waals surface area contributed by atoms with Crippen LogP contribution in [0.1, 0.15) is 21.7 Å². The van der Waals surface area contributed by atoms with Crippen LogP contribution < -0.4 is 16.0 Å². The summed E-state index contributed by atoms with van der Waals surface area (Å²) in [6.07, 6.45) is -4.74. The minimum Gasteiger partial charge on any atom is -0.292 e. The summed E-state index contributed by atoms with van der Waals surface area (Å²) in [5, 5.41) is 0.127.